The van der Waals surface area contributed by atoms with Crippen LogP contribution in [0.5, 0.6) is 0 Å². The fourth-order valence-corrected chi connectivity index (χ4v) is 2.31. The average molecular weight is 316 g/mol. The molecule has 1 atom stereocenters. The summed E-state index contributed by atoms with van der Waals surface area (Å²) in [6, 6.07) is 11.1. The van der Waals surface area contributed by atoms with E-state index in [9.17, 15) is 0 Å². The minimum Gasteiger partial charge on any atom is -0.397 e. The van der Waals surface area contributed by atoms with Crippen LogP contribution in [0.25, 0.3) is 0 Å². The predicted octanol–water partition coefficient (Wildman–Crippen LogP) is 5.40. The lowest BCUT2D eigenvalue weighted by atomic mass is 10.1. The van der Waals surface area contributed by atoms with E-state index < -0.39 is 0 Å². The summed E-state index contributed by atoms with van der Waals surface area (Å²) in [5.41, 5.74) is 8.29. The number of anilines is 2. The summed E-state index contributed by atoms with van der Waals surface area (Å²) in [5, 5.41) is 4.91. The second-order valence-corrected chi connectivity index (χ2v) is 5.53. The summed E-state index contributed by atoms with van der Waals surface area (Å²) in [5.74, 6) is 0. The molecule has 0 aliphatic carbocycles. The molecule has 0 aromatic heterocycles. The first-order chi connectivity index (χ1) is 8.97. The molecule has 2 aromatic carbocycles. The van der Waals surface area contributed by atoms with E-state index in [1.165, 1.54) is 0 Å². The highest BCUT2D eigenvalue weighted by Crippen LogP contribution is 2.33. The Morgan fingerprint density at radius 3 is 2.42 bits per heavy atom. The van der Waals surface area contributed by atoms with Crippen LogP contribution >= 0.6 is 34.8 Å². The molecular weight excluding hydrogens is 303 g/mol. The van der Waals surface area contributed by atoms with Gasteiger partial charge in [-0.2, -0.15) is 0 Å². The molecule has 0 heterocycles. The summed E-state index contributed by atoms with van der Waals surface area (Å²) >= 11 is 17.9. The van der Waals surface area contributed by atoms with E-state index in [1.807, 2.05) is 31.2 Å². The van der Waals surface area contributed by atoms with E-state index in [0.29, 0.717) is 20.8 Å². The van der Waals surface area contributed by atoms with Crippen LogP contribution in [-0.4, -0.2) is 0 Å². The van der Waals surface area contributed by atoms with Gasteiger partial charge >= 0.3 is 0 Å². The Hall–Kier alpha value is -1.09. The van der Waals surface area contributed by atoms with Crippen molar-refractivity contribution in [3.8, 4) is 0 Å². The maximum Gasteiger partial charge on any atom is 0.0614 e. The Bertz CT molecular complexity index is 599. The van der Waals surface area contributed by atoms with Gasteiger partial charge in [0.1, 0.15) is 0 Å². The molecule has 0 spiro atoms. The summed E-state index contributed by atoms with van der Waals surface area (Å²) in [6.07, 6.45) is 0. The molecule has 0 radical (unpaired) electrons. The molecule has 0 aliphatic rings. The van der Waals surface area contributed by atoms with Gasteiger partial charge in [0.05, 0.1) is 21.4 Å². The van der Waals surface area contributed by atoms with Crippen molar-refractivity contribution >= 4 is 46.2 Å². The Morgan fingerprint density at radius 1 is 1.05 bits per heavy atom. The van der Waals surface area contributed by atoms with Crippen LogP contribution in [0, 0.1) is 0 Å². The van der Waals surface area contributed by atoms with Crippen LogP contribution < -0.4 is 11.1 Å². The van der Waals surface area contributed by atoms with Crippen LogP contribution in [0.2, 0.25) is 15.1 Å². The van der Waals surface area contributed by atoms with E-state index >= 15 is 0 Å². The van der Waals surface area contributed by atoms with Gasteiger partial charge in [0, 0.05) is 11.1 Å². The molecule has 0 saturated heterocycles. The van der Waals surface area contributed by atoms with Gasteiger partial charge in [-0.1, -0.05) is 46.9 Å². The van der Waals surface area contributed by atoms with Crippen molar-refractivity contribution in [2.24, 2.45) is 0 Å². The van der Waals surface area contributed by atoms with Crippen molar-refractivity contribution in [1.29, 1.82) is 0 Å². The quantitative estimate of drug-likeness (QED) is 0.744. The van der Waals surface area contributed by atoms with Gasteiger partial charge in [0.15, 0.2) is 0 Å². The summed E-state index contributed by atoms with van der Waals surface area (Å²) in [6.45, 7) is 2.02. The fourth-order valence-electron chi connectivity index (χ4n) is 1.78. The number of benzene rings is 2. The van der Waals surface area contributed by atoms with Gasteiger partial charge in [-0.15, -0.1) is 0 Å². The van der Waals surface area contributed by atoms with E-state index in [-0.39, 0.29) is 6.04 Å². The lowest BCUT2D eigenvalue weighted by Gasteiger charge is -2.18. The highest BCUT2D eigenvalue weighted by atomic mass is 35.5. The molecule has 0 saturated carbocycles. The van der Waals surface area contributed by atoms with Gasteiger partial charge in [-0.3, -0.25) is 0 Å². The number of nitrogens with one attached hydrogen (secondary N) is 1. The Morgan fingerprint density at radius 2 is 1.74 bits per heavy atom. The predicted molar refractivity (Wildman–Crippen MR) is 84.4 cm³/mol. The zero-order chi connectivity index (χ0) is 14.0. The van der Waals surface area contributed by atoms with Gasteiger partial charge < -0.3 is 11.1 Å². The Labute approximate surface area is 127 Å². The third-order valence-corrected chi connectivity index (χ3v) is 3.77. The zero-order valence-corrected chi connectivity index (χ0v) is 12.5. The second-order valence-electron chi connectivity index (χ2n) is 4.27. The van der Waals surface area contributed by atoms with Crippen LogP contribution in [0.15, 0.2) is 36.4 Å². The number of hydrogen-bond donors (Lipinski definition) is 2. The van der Waals surface area contributed by atoms with Crippen molar-refractivity contribution in [2.75, 3.05) is 11.1 Å². The van der Waals surface area contributed by atoms with Crippen molar-refractivity contribution in [3.05, 3.63) is 57.0 Å². The molecule has 0 bridgehead atoms. The molecule has 19 heavy (non-hydrogen) atoms. The SMILES string of the molecule is CC(Nc1cc(Cl)c(Cl)cc1N)c1cccc(Cl)c1. The van der Waals surface area contributed by atoms with Gasteiger partial charge in [-0.05, 0) is 36.8 Å². The number of halogens is 3. The molecule has 2 nitrogen and oxygen atoms in total. The van der Waals surface area contributed by atoms with Crippen LogP contribution in [0.3, 0.4) is 0 Å². The lowest BCUT2D eigenvalue weighted by Crippen LogP contribution is -2.08. The van der Waals surface area contributed by atoms with E-state index in [4.69, 9.17) is 40.5 Å². The minimum absolute atomic E-state index is 0.0539. The van der Waals surface area contributed by atoms with E-state index in [2.05, 4.69) is 5.32 Å². The monoisotopic (exact) mass is 314 g/mol. The van der Waals surface area contributed by atoms with Crippen molar-refractivity contribution in [2.45, 2.75) is 13.0 Å². The number of rotatable bonds is 3. The third-order valence-electron chi connectivity index (χ3n) is 2.81. The van der Waals surface area contributed by atoms with E-state index in [0.717, 1.165) is 11.3 Å². The Balaban J connectivity index is 2.24. The average Bonchev–Trinajstić information content (AvgIpc) is 2.36. The first-order valence-electron chi connectivity index (χ1n) is 5.74. The van der Waals surface area contributed by atoms with Crippen LogP contribution in [-0.2, 0) is 0 Å². The summed E-state index contributed by atoms with van der Waals surface area (Å²) < 4.78 is 0. The molecule has 0 aliphatic heterocycles. The molecule has 5 heteroatoms. The smallest absolute Gasteiger partial charge is 0.0614 e. The fraction of sp³-hybridized carbons (Fsp3) is 0.143. The molecule has 2 aromatic rings. The van der Waals surface area contributed by atoms with Gasteiger partial charge in [0.25, 0.3) is 0 Å². The first-order valence-corrected chi connectivity index (χ1v) is 6.87. The highest BCUT2D eigenvalue weighted by Gasteiger charge is 2.10. The van der Waals surface area contributed by atoms with Crippen molar-refractivity contribution in [1.82, 2.24) is 0 Å². The number of hydrogen-bond acceptors (Lipinski definition) is 2. The van der Waals surface area contributed by atoms with E-state index in [1.54, 1.807) is 12.1 Å². The molecule has 1 unspecified atom stereocenters. The molecule has 0 fully saturated rings. The standard InChI is InChI=1S/C14H13Cl3N2/c1-8(9-3-2-4-10(15)5-9)19-14-7-12(17)11(16)6-13(14)18/h2-8,19H,18H2,1H3. The highest BCUT2D eigenvalue weighted by molar-refractivity contribution is 6.42. The first kappa shape index (κ1) is 14.3. The van der Waals surface area contributed by atoms with Gasteiger partial charge in [0.2, 0.25) is 0 Å². The summed E-state index contributed by atoms with van der Waals surface area (Å²) in [7, 11) is 0. The van der Waals surface area contributed by atoms with Crippen molar-refractivity contribution in [3.63, 3.8) is 0 Å². The molecule has 3 N–H and O–H groups in total. The minimum atomic E-state index is 0.0539. The topological polar surface area (TPSA) is 38.0 Å². The third kappa shape index (κ3) is 3.47. The molecular formula is C14H13Cl3N2. The second kappa shape index (κ2) is 5.91. The van der Waals surface area contributed by atoms with Crippen LogP contribution in [0.4, 0.5) is 11.4 Å². The van der Waals surface area contributed by atoms with Crippen LogP contribution in [0.1, 0.15) is 18.5 Å². The van der Waals surface area contributed by atoms with Crippen molar-refractivity contribution < 1.29 is 0 Å². The number of nitrogen functional groups attached to an aromatic ring is 1. The maximum atomic E-state index is 5.99. The maximum absolute atomic E-state index is 5.99. The molecule has 2 rings (SSSR count). The summed E-state index contributed by atoms with van der Waals surface area (Å²) in [4.78, 5) is 0. The lowest BCUT2D eigenvalue weighted by molar-refractivity contribution is 0.885. The van der Waals surface area contributed by atoms with Gasteiger partial charge in [-0.25, -0.2) is 0 Å². The molecule has 0 amide bonds. The molecule has 100 valence electrons. The zero-order valence-electron chi connectivity index (χ0n) is 10.3. The normalized spacial score (nSPS) is 12.2. The Kier molecular flexibility index (Phi) is 4.46. The largest absolute Gasteiger partial charge is 0.397 e. The number of nitrogens with two attached hydrogens (primary N) is 1.